The number of carbonyl (C=O) groups is 2. The monoisotopic (exact) mass is 584 g/mol. The average Bonchev–Trinajstić information content (AvgIpc) is 3.28. The molecular formula is C30H35F3N6O3. The molecule has 5 rings (SSSR count). The minimum atomic E-state index is -4.80. The Bertz CT molecular complexity index is 1420. The standard InChI is InChI=1S/C30H35F3N6O3/c1-4-37-17-27(35-19-37)29(41)39(12-21-8-5-9-22(11-21)42-30(31,32)33)15-25-23-13-38(14-24(23)25)18-28(40)36(3)16-26-20(2)7-6-10-34-26/h5-11,17,19,23-25H,4,12-16,18H2,1-3H3. The lowest BCUT2D eigenvalue weighted by molar-refractivity contribution is -0.274. The zero-order valence-corrected chi connectivity index (χ0v) is 23.9. The fourth-order valence-corrected chi connectivity index (χ4v) is 5.79. The molecular weight excluding hydrogens is 549 g/mol. The number of fused-ring (bicyclic) bond motifs is 1. The van der Waals surface area contributed by atoms with Crippen molar-refractivity contribution in [2.45, 2.75) is 39.8 Å². The van der Waals surface area contributed by atoms with Crippen molar-refractivity contribution >= 4 is 11.8 Å². The second-order valence-corrected chi connectivity index (χ2v) is 11.2. The highest BCUT2D eigenvalue weighted by Crippen LogP contribution is 2.52. The molecule has 3 heterocycles. The molecule has 2 aliphatic rings. The number of ether oxygens (including phenoxy) is 1. The Morgan fingerprint density at radius 1 is 1.10 bits per heavy atom. The predicted octanol–water partition coefficient (Wildman–Crippen LogP) is 3.98. The fraction of sp³-hybridized carbons (Fsp3) is 0.467. The second kappa shape index (κ2) is 12.1. The van der Waals surface area contributed by atoms with Crippen LogP contribution in [-0.2, 0) is 24.4 Å². The summed E-state index contributed by atoms with van der Waals surface area (Å²) in [5.74, 6) is 0.385. The molecule has 12 heteroatoms. The Labute approximate surface area is 242 Å². The van der Waals surface area contributed by atoms with E-state index in [2.05, 4.69) is 19.6 Å². The van der Waals surface area contributed by atoms with Crippen LogP contribution < -0.4 is 4.74 Å². The fourth-order valence-electron chi connectivity index (χ4n) is 5.79. The molecule has 1 aromatic carbocycles. The summed E-state index contributed by atoms with van der Waals surface area (Å²) in [4.78, 5) is 40.6. The highest BCUT2D eigenvalue weighted by Gasteiger charge is 2.56. The number of pyridine rings is 1. The zero-order valence-electron chi connectivity index (χ0n) is 23.9. The number of hydrogen-bond donors (Lipinski definition) is 0. The van der Waals surface area contributed by atoms with Gasteiger partial charge in [-0.25, -0.2) is 4.98 Å². The molecule has 9 nitrogen and oxygen atoms in total. The first-order chi connectivity index (χ1) is 20.0. The number of halogens is 3. The number of alkyl halides is 3. The molecule has 3 aromatic rings. The van der Waals surface area contributed by atoms with E-state index in [0.29, 0.717) is 49.3 Å². The average molecular weight is 585 g/mol. The van der Waals surface area contributed by atoms with Gasteiger partial charge in [0, 0.05) is 52.2 Å². The van der Waals surface area contributed by atoms with Gasteiger partial charge < -0.3 is 19.1 Å². The number of aryl methyl sites for hydroxylation is 2. The van der Waals surface area contributed by atoms with E-state index in [1.807, 2.05) is 26.0 Å². The number of hydrogen-bond acceptors (Lipinski definition) is 6. The van der Waals surface area contributed by atoms with Crippen LogP contribution in [0.4, 0.5) is 13.2 Å². The van der Waals surface area contributed by atoms with Crippen LogP contribution in [-0.4, -0.2) is 80.6 Å². The maximum Gasteiger partial charge on any atom is 0.573 e. The van der Waals surface area contributed by atoms with Crippen molar-refractivity contribution in [2.24, 2.45) is 17.8 Å². The number of likely N-dealkylation sites (tertiary alicyclic amines) is 1. The van der Waals surface area contributed by atoms with Crippen molar-refractivity contribution in [2.75, 3.05) is 33.2 Å². The minimum absolute atomic E-state index is 0.0298. The van der Waals surface area contributed by atoms with Gasteiger partial charge in [-0.1, -0.05) is 18.2 Å². The number of carbonyl (C=O) groups excluding carboxylic acids is 2. The lowest BCUT2D eigenvalue weighted by atomic mass is 10.1. The predicted molar refractivity (Wildman–Crippen MR) is 148 cm³/mol. The molecule has 42 heavy (non-hydrogen) atoms. The van der Waals surface area contributed by atoms with Gasteiger partial charge in [-0.3, -0.25) is 19.5 Å². The smallest absolute Gasteiger partial charge is 0.406 e. The number of imidazole rings is 1. The molecule has 224 valence electrons. The first-order valence-corrected chi connectivity index (χ1v) is 14.0. The molecule has 2 aromatic heterocycles. The summed E-state index contributed by atoms with van der Waals surface area (Å²) in [6, 6.07) is 9.56. The third kappa shape index (κ3) is 7.10. The maximum atomic E-state index is 13.5. The zero-order chi connectivity index (χ0) is 30.0. The van der Waals surface area contributed by atoms with Crippen LogP contribution in [0.2, 0.25) is 0 Å². The largest absolute Gasteiger partial charge is 0.573 e. The van der Waals surface area contributed by atoms with E-state index >= 15 is 0 Å². The number of benzene rings is 1. The quantitative estimate of drug-likeness (QED) is 0.339. The van der Waals surface area contributed by atoms with Crippen LogP contribution in [0.25, 0.3) is 0 Å². The number of aromatic nitrogens is 3. The van der Waals surface area contributed by atoms with Gasteiger partial charge in [0.25, 0.3) is 5.91 Å². The van der Waals surface area contributed by atoms with Crippen molar-refractivity contribution in [3.8, 4) is 5.75 Å². The van der Waals surface area contributed by atoms with E-state index in [9.17, 15) is 22.8 Å². The summed E-state index contributed by atoms with van der Waals surface area (Å²) in [7, 11) is 1.79. The summed E-state index contributed by atoms with van der Waals surface area (Å²) in [6.45, 7) is 7.47. The summed E-state index contributed by atoms with van der Waals surface area (Å²) in [5.41, 5.74) is 2.75. The molecule has 1 aliphatic heterocycles. The lowest BCUT2D eigenvalue weighted by Gasteiger charge is -2.26. The third-order valence-corrected chi connectivity index (χ3v) is 8.18. The first-order valence-electron chi connectivity index (χ1n) is 14.0. The summed E-state index contributed by atoms with van der Waals surface area (Å²) in [5, 5.41) is 0. The van der Waals surface area contributed by atoms with Gasteiger partial charge in [0.15, 0.2) is 0 Å². The number of amides is 2. The number of likely N-dealkylation sites (N-methyl/N-ethyl adjacent to an activating group) is 1. The lowest BCUT2D eigenvalue weighted by Crippen LogP contribution is -2.39. The minimum Gasteiger partial charge on any atom is -0.406 e. The van der Waals surface area contributed by atoms with Crippen molar-refractivity contribution in [1.29, 1.82) is 0 Å². The van der Waals surface area contributed by atoms with Gasteiger partial charge in [-0.05, 0) is 60.9 Å². The number of piperidine rings is 1. The highest BCUT2D eigenvalue weighted by molar-refractivity contribution is 5.92. The molecule has 1 saturated heterocycles. The Kier molecular flexibility index (Phi) is 8.53. The maximum absolute atomic E-state index is 13.5. The Balaban J connectivity index is 1.20. The van der Waals surface area contributed by atoms with Crippen LogP contribution in [0.1, 0.15) is 34.2 Å². The number of rotatable bonds is 11. The van der Waals surface area contributed by atoms with Gasteiger partial charge in [0.1, 0.15) is 11.4 Å². The van der Waals surface area contributed by atoms with Crippen molar-refractivity contribution in [3.05, 3.63) is 77.6 Å². The van der Waals surface area contributed by atoms with Crippen LogP contribution in [0, 0.1) is 24.7 Å². The molecule has 2 atom stereocenters. The second-order valence-electron chi connectivity index (χ2n) is 11.2. The van der Waals surface area contributed by atoms with Gasteiger partial charge >= 0.3 is 6.36 Å². The molecule has 2 fully saturated rings. The van der Waals surface area contributed by atoms with E-state index in [1.165, 1.54) is 18.2 Å². The van der Waals surface area contributed by atoms with E-state index < -0.39 is 6.36 Å². The molecule has 2 amide bonds. The van der Waals surface area contributed by atoms with Crippen LogP contribution in [0.3, 0.4) is 0 Å². The number of nitrogens with zero attached hydrogens (tertiary/aromatic N) is 6. The van der Waals surface area contributed by atoms with Crippen molar-refractivity contribution in [1.82, 2.24) is 29.2 Å². The molecule has 0 N–H and O–H groups in total. The molecule has 0 bridgehead atoms. The van der Waals surface area contributed by atoms with E-state index in [4.69, 9.17) is 0 Å². The van der Waals surface area contributed by atoms with Crippen LogP contribution in [0.5, 0.6) is 5.75 Å². The van der Waals surface area contributed by atoms with Crippen molar-refractivity contribution in [3.63, 3.8) is 0 Å². The SMILES string of the molecule is CCn1cnc(C(=O)N(Cc2cccc(OC(F)(F)F)c2)CC2C3CN(CC(=O)N(C)Cc4ncccc4C)CC32)c1. The summed E-state index contributed by atoms with van der Waals surface area (Å²) < 4.78 is 44.2. The Morgan fingerprint density at radius 3 is 2.52 bits per heavy atom. The molecule has 1 aliphatic carbocycles. The third-order valence-electron chi connectivity index (χ3n) is 8.18. The molecule has 0 spiro atoms. The molecule has 1 saturated carbocycles. The van der Waals surface area contributed by atoms with Gasteiger partial charge in [-0.2, -0.15) is 0 Å². The topological polar surface area (TPSA) is 83.8 Å². The van der Waals surface area contributed by atoms with E-state index in [-0.39, 0.29) is 30.0 Å². The normalized spacial score (nSPS) is 19.8. The Morgan fingerprint density at radius 2 is 1.86 bits per heavy atom. The van der Waals surface area contributed by atoms with Gasteiger partial charge in [0.2, 0.25) is 5.91 Å². The van der Waals surface area contributed by atoms with Crippen molar-refractivity contribution < 1.29 is 27.5 Å². The van der Waals surface area contributed by atoms with E-state index in [0.717, 1.165) is 24.3 Å². The van der Waals surface area contributed by atoms with Gasteiger partial charge in [-0.15, -0.1) is 13.2 Å². The highest BCUT2D eigenvalue weighted by atomic mass is 19.4. The molecule has 0 radical (unpaired) electrons. The first kappa shape index (κ1) is 29.6. The Hall–Kier alpha value is -3.93. The van der Waals surface area contributed by atoms with Crippen LogP contribution in [0.15, 0.2) is 55.1 Å². The van der Waals surface area contributed by atoms with Crippen LogP contribution >= 0.6 is 0 Å². The van der Waals surface area contributed by atoms with E-state index in [1.54, 1.807) is 46.2 Å². The molecule has 2 unspecified atom stereocenters. The summed E-state index contributed by atoms with van der Waals surface area (Å²) in [6.07, 6.45) is 0.204. The summed E-state index contributed by atoms with van der Waals surface area (Å²) >= 11 is 0. The van der Waals surface area contributed by atoms with Gasteiger partial charge in [0.05, 0.1) is 25.1 Å².